The van der Waals surface area contributed by atoms with Crippen LogP contribution >= 0.6 is 11.6 Å². The van der Waals surface area contributed by atoms with Crippen LogP contribution < -0.4 is 20.9 Å². The van der Waals surface area contributed by atoms with E-state index in [0.717, 1.165) is 39.1 Å². The Hall–Kier alpha value is -1.21. The summed E-state index contributed by atoms with van der Waals surface area (Å²) in [5, 5.41) is 5.55. The number of nitrogens with one attached hydrogen (secondary N) is 4. The van der Waals surface area contributed by atoms with E-state index in [1.54, 1.807) is 4.90 Å². The van der Waals surface area contributed by atoms with Crippen molar-refractivity contribution >= 4 is 33.6 Å². The van der Waals surface area contributed by atoms with Gasteiger partial charge in [0.05, 0.1) is 17.0 Å². The molecule has 2 aliphatic carbocycles. The van der Waals surface area contributed by atoms with Crippen LogP contribution in [0.5, 0.6) is 0 Å². The van der Waals surface area contributed by atoms with E-state index < -0.39 is 33.4 Å². The molecule has 2 saturated carbocycles. The minimum atomic E-state index is -3.81. The molecule has 3 amide bonds. The van der Waals surface area contributed by atoms with Crippen LogP contribution in [0.4, 0.5) is 9.18 Å². The predicted octanol–water partition coefficient (Wildman–Crippen LogP) is 0.354. The van der Waals surface area contributed by atoms with Crippen molar-refractivity contribution in [3.8, 4) is 0 Å². The molecule has 0 bridgehead atoms. The third-order valence-corrected chi connectivity index (χ3v) is 9.39. The second kappa shape index (κ2) is 10.8. The molecule has 0 radical (unpaired) electrons. The van der Waals surface area contributed by atoms with Crippen LogP contribution in [0.1, 0.15) is 38.5 Å². The molecule has 4 fully saturated rings. The van der Waals surface area contributed by atoms with Crippen LogP contribution in [0.15, 0.2) is 0 Å². The third kappa shape index (κ3) is 6.31. The van der Waals surface area contributed by atoms with Crippen molar-refractivity contribution in [3.05, 3.63) is 0 Å². The SMILES string of the molecule is CN1CNC(C2CC(Cl)C(F)C(C(=O)NNS(=O)(=O)CC3CCC(NC(=O)N4CCC4)C3)C2)C1. The smallest absolute Gasteiger partial charge is 0.317 e. The largest absolute Gasteiger partial charge is 0.335 e. The second-order valence-corrected chi connectivity index (χ2v) is 12.7. The highest BCUT2D eigenvalue weighted by Crippen LogP contribution is 2.37. The lowest BCUT2D eigenvalue weighted by molar-refractivity contribution is -0.129. The zero-order valence-electron chi connectivity index (χ0n) is 19.5. The number of hydrazine groups is 1. The quantitative estimate of drug-likeness (QED) is 0.283. The van der Waals surface area contributed by atoms with E-state index in [9.17, 15) is 22.4 Å². The molecule has 2 heterocycles. The molecule has 13 heteroatoms. The van der Waals surface area contributed by atoms with Crippen molar-refractivity contribution in [1.82, 2.24) is 30.7 Å². The first-order valence-electron chi connectivity index (χ1n) is 12.2. The Morgan fingerprint density at radius 1 is 1.18 bits per heavy atom. The number of alkyl halides is 2. The monoisotopic (exact) mass is 522 g/mol. The van der Waals surface area contributed by atoms with Gasteiger partial charge in [-0.1, -0.05) is 0 Å². The third-order valence-electron chi connectivity index (χ3n) is 7.65. The molecule has 34 heavy (non-hydrogen) atoms. The molecule has 0 aromatic carbocycles. The predicted molar refractivity (Wildman–Crippen MR) is 126 cm³/mol. The number of likely N-dealkylation sites (tertiary alicyclic amines) is 1. The first kappa shape index (κ1) is 25.9. The van der Waals surface area contributed by atoms with E-state index in [2.05, 4.69) is 25.8 Å². The van der Waals surface area contributed by atoms with Gasteiger partial charge in [0.1, 0.15) is 6.17 Å². The topological polar surface area (TPSA) is 123 Å². The highest BCUT2D eigenvalue weighted by Gasteiger charge is 2.44. The summed E-state index contributed by atoms with van der Waals surface area (Å²) in [5.41, 5.74) is 2.23. The fourth-order valence-corrected chi connectivity index (χ4v) is 7.24. The Balaban J connectivity index is 1.24. The van der Waals surface area contributed by atoms with Gasteiger partial charge in [0, 0.05) is 38.4 Å². The van der Waals surface area contributed by atoms with Crippen molar-refractivity contribution in [2.75, 3.05) is 39.1 Å². The van der Waals surface area contributed by atoms with Gasteiger partial charge < -0.3 is 10.2 Å². The van der Waals surface area contributed by atoms with Crippen LogP contribution in [0.25, 0.3) is 0 Å². The number of hydrogen-bond donors (Lipinski definition) is 4. The van der Waals surface area contributed by atoms with Crippen molar-refractivity contribution < 1.29 is 22.4 Å². The molecule has 7 atom stereocenters. The van der Waals surface area contributed by atoms with Crippen LogP contribution in [-0.4, -0.2) is 92.9 Å². The highest BCUT2D eigenvalue weighted by molar-refractivity contribution is 7.89. The number of halogens is 2. The average Bonchev–Trinajstić information content (AvgIpc) is 3.35. The maximum atomic E-state index is 14.8. The molecule has 0 aromatic heterocycles. The Bertz CT molecular complexity index is 862. The van der Waals surface area contributed by atoms with Gasteiger partial charge in [-0.15, -0.1) is 16.4 Å². The van der Waals surface area contributed by atoms with E-state index in [0.29, 0.717) is 25.7 Å². The minimum absolute atomic E-state index is 0.0358. The lowest BCUT2D eigenvalue weighted by Crippen LogP contribution is -2.52. The number of hydrogen-bond acceptors (Lipinski definition) is 6. The van der Waals surface area contributed by atoms with Crippen molar-refractivity contribution in [1.29, 1.82) is 0 Å². The van der Waals surface area contributed by atoms with Crippen LogP contribution in [0.2, 0.25) is 0 Å². The number of carbonyl (C=O) groups excluding carboxylic acids is 2. The summed E-state index contributed by atoms with van der Waals surface area (Å²) < 4.78 is 39.9. The number of likely N-dealkylation sites (N-methyl/N-ethyl adjacent to an activating group) is 1. The molecule has 10 nitrogen and oxygen atoms in total. The second-order valence-electron chi connectivity index (χ2n) is 10.3. The number of nitrogens with zero attached hydrogens (tertiary/aromatic N) is 2. The van der Waals surface area contributed by atoms with E-state index in [1.807, 2.05) is 7.05 Å². The lowest BCUT2D eigenvalue weighted by atomic mass is 9.76. The summed E-state index contributed by atoms with van der Waals surface area (Å²) in [6.07, 6.45) is 2.23. The molecule has 0 spiro atoms. The summed E-state index contributed by atoms with van der Waals surface area (Å²) >= 11 is 6.23. The molecule has 2 aliphatic heterocycles. The molecule has 2 saturated heterocycles. The fourth-order valence-electron chi connectivity index (χ4n) is 5.57. The minimum Gasteiger partial charge on any atom is -0.335 e. The van der Waals surface area contributed by atoms with E-state index in [1.165, 1.54) is 0 Å². The number of rotatable bonds is 7. The first-order chi connectivity index (χ1) is 16.1. The summed E-state index contributed by atoms with van der Waals surface area (Å²) in [7, 11) is -1.82. The Morgan fingerprint density at radius 3 is 2.59 bits per heavy atom. The zero-order valence-corrected chi connectivity index (χ0v) is 21.1. The molecule has 0 aromatic rings. The van der Waals surface area contributed by atoms with Gasteiger partial charge in [-0.05, 0) is 57.4 Å². The van der Waals surface area contributed by atoms with Gasteiger partial charge in [-0.3, -0.25) is 20.4 Å². The van der Waals surface area contributed by atoms with Crippen molar-refractivity contribution in [2.45, 2.75) is 62.2 Å². The van der Waals surface area contributed by atoms with Crippen molar-refractivity contribution in [3.63, 3.8) is 0 Å². The van der Waals surface area contributed by atoms with Crippen LogP contribution in [0.3, 0.4) is 0 Å². The molecule has 194 valence electrons. The number of sulfonamides is 1. The summed E-state index contributed by atoms with van der Waals surface area (Å²) in [6, 6.07) is -0.00496. The van der Waals surface area contributed by atoms with E-state index >= 15 is 0 Å². The average molecular weight is 523 g/mol. The first-order valence-corrected chi connectivity index (χ1v) is 14.2. The van der Waals surface area contributed by atoms with E-state index in [-0.39, 0.29) is 35.7 Å². The Labute approximate surface area is 205 Å². The van der Waals surface area contributed by atoms with Gasteiger partial charge >= 0.3 is 6.03 Å². The Kier molecular flexibility index (Phi) is 8.23. The van der Waals surface area contributed by atoms with Gasteiger partial charge in [0.15, 0.2) is 0 Å². The van der Waals surface area contributed by atoms with Gasteiger partial charge in [-0.2, -0.15) is 0 Å². The molecule has 7 unspecified atom stereocenters. The molecule has 4 N–H and O–H groups in total. The maximum Gasteiger partial charge on any atom is 0.317 e. The summed E-state index contributed by atoms with van der Waals surface area (Å²) in [4.78, 5) is 30.8. The number of carbonyl (C=O) groups is 2. The van der Waals surface area contributed by atoms with E-state index in [4.69, 9.17) is 11.6 Å². The van der Waals surface area contributed by atoms with Crippen LogP contribution in [0, 0.1) is 17.8 Å². The standard InChI is InChI=1S/C21H36ClFN6O4S/c1-28-10-18(24-12-28)14-8-16(19(23)17(22)9-14)20(30)26-27-34(32,33)11-13-3-4-15(7-13)25-21(31)29-5-2-6-29/h13-19,24,27H,2-12H2,1H3,(H,25,31)(H,26,30). The zero-order chi connectivity index (χ0) is 24.5. The normalized spacial score (nSPS) is 36.8. The molecular weight excluding hydrogens is 487 g/mol. The highest BCUT2D eigenvalue weighted by atomic mass is 35.5. The number of amides is 3. The molecule has 4 rings (SSSR count). The summed E-state index contributed by atoms with van der Waals surface area (Å²) in [6.45, 7) is 3.06. The fraction of sp³-hybridized carbons (Fsp3) is 0.905. The lowest BCUT2D eigenvalue weighted by Gasteiger charge is -2.37. The van der Waals surface area contributed by atoms with Crippen LogP contribution in [-0.2, 0) is 14.8 Å². The molecule has 4 aliphatic rings. The molecular formula is C21H36ClFN6O4S. The van der Waals surface area contributed by atoms with Gasteiger partial charge in [-0.25, -0.2) is 17.6 Å². The number of urea groups is 1. The Morgan fingerprint density at radius 2 is 1.94 bits per heavy atom. The summed E-state index contributed by atoms with van der Waals surface area (Å²) in [5.74, 6) is -1.95. The van der Waals surface area contributed by atoms with Gasteiger partial charge in [0.2, 0.25) is 15.9 Å². The maximum absolute atomic E-state index is 14.8. The van der Waals surface area contributed by atoms with Gasteiger partial charge in [0.25, 0.3) is 0 Å². The van der Waals surface area contributed by atoms with Crippen molar-refractivity contribution in [2.24, 2.45) is 17.8 Å².